The maximum atomic E-state index is 12.5. The molecule has 1 fully saturated rings. The first-order valence-corrected chi connectivity index (χ1v) is 7.44. The summed E-state index contributed by atoms with van der Waals surface area (Å²) in [5, 5.41) is 19.8. The number of aromatic nitrogens is 1. The molecule has 23 heavy (non-hydrogen) atoms. The van der Waals surface area contributed by atoms with Crippen molar-refractivity contribution in [3.05, 3.63) is 33.6 Å². The molecule has 1 aromatic carbocycles. The molecule has 0 radical (unpaired) electrons. The Hall–Kier alpha value is -2.54. The van der Waals surface area contributed by atoms with Gasteiger partial charge in [-0.15, -0.1) is 0 Å². The van der Waals surface area contributed by atoms with E-state index in [1.165, 1.54) is 12.3 Å². The van der Waals surface area contributed by atoms with Gasteiger partial charge in [0.2, 0.25) is 5.43 Å². The van der Waals surface area contributed by atoms with Crippen LogP contribution in [0.3, 0.4) is 0 Å². The van der Waals surface area contributed by atoms with Gasteiger partial charge in [-0.05, 0) is 25.8 Å². The standard InChI is InChI=1S/C16H16N2O5/c1-7-6-23-14-11(16(17)2-3-16)10(19)4-8-12(14)18(7)5-9(13(8)20)15(21)22/h4-5,7,19H,2-3,6,17H2,1H3,(H,21,22)/t7-/m0/s1. The Balaban J connectivity index is 2.19. The van der Waals surface area contributed by atoms with Gasteiger partial charge in [-0.3, -0.25) is 4.79 Å². The molecule has 4 N–H and O–H groups in total. The summed E-state index contributed by atoms with van der Waals surface area (Å²) in [7, 11) is 0. The van der Waals surface area contributed by atoms with E-state index in [2.05, 4.69) is 0 Å². The van der Waals surface area contributed by atoms with Gasteiger partial charge in [0.1, 0.15) is 17.9 Å². The molecule has 2 aromatic rings. The summed E-state index contributed by atoms with van der Waals surface area (Å²) in [5.41, 5.74) is 5.66. The van der Waals surface area contributed by atoms with Crippen LogP contribution in [0, 0.1) is 0 Å². The molecule has 1 atom stereocenters. The van der Waals surface area contributed by atoms with Crippen LogP contribution in [0.15, 0.2) is 17.1 Å². The van der Waals surface area contributed by atoms with Crippen LogP contribution in [-0.4, -0.2) is 27.4 Å². The summed E-state index contributed by atoms with van der Waals surface area (Å²) in [6.45, 7) is 2.19. The number of hydrogen-bond acceptors (Lipinski definition) is 5. The number of carboxylic acids is 1. The fraction of sp³-hybridized carbons (Fsp3) is 0.375. The number of phenols is 1. The van der Waals surface area contributed by atoms with E-state index >= 15 is 0 Å². The Bertz CT molecular complexity index is 926. The van der Waals surface area contributed by atoms with E-state index in [-0.39, 0.29) is 22.7 Å². The zero-order valence-electron chi connectivity index (χ0n) is 12.5. The fourth-order valence-electron chi connectivity index (χ4n) is 3.26. The molecule has 0 spiro atoms. The Morgan fingerprint density at radius 3 is 2.78 bits per heavy atom. The molecular weight excluding hydrogens is 300 g/mol. The number of rotatable bonds is 2. The average molecular weight is 316 g/mol. The summed E-state index contributed by atoms with van der Waals surface area (Å²) in [6, 6.07) is 1.18. The first kappa shape index (κ1) is 14.1. The molecule has 2 aliphatic rings. The molecule has 0 amide bonds. The Kier molecular flexibility index (Phi) is 2.61. The molecule has 2 heterocycles. The summed E-state index contributed by atoms with van der Waals surface area (Å²) in [6.07, 6.45) is 2.81. The third kappa shape index (κ3) is 1.80. The van der Waals surface area contributed by atoms with Gasteiger partial charge in [0.25, 0.3) is 0 Å². The average Bonchev–Trinajstić information content (AvgIpc) is 3.22. The highest BCUT2D eigenvalue weighted by Crippen LogP contribution is 2.53. The lowest BCUT2D eigenvalue weighted by Gasteiger charge is -2.30. The highest BCUT2D eigenvalue weighted by Gasteiger charge is 2.46. The van der Waals surface area contributed by atoms with E-state index in [0.29, 0.717) is 23.4 Å². The normalized spacial score (nSPS) is 21.0. The van der Waals surface area contributed by atoms with Crippen molar-refractivity contribution in [2.75, 3.05) is 6.61 Å². The van der Waals surface area contributed by atoms with Crippen molar-refractivity contribution >= 4 is 16.9 Å². The molecule has 1 aliphatic heterocycles. The summed E-state index contributed by atoms with van der Waals surface area (Å²) in [5.74, 6) is -1.01. The number of carbonyl (C=O) groups is 1. The van der Waals surface area contributed by atoms with Crippen LogP contribution in [0.1, 0.15) is 41.7 Å². The first-order valence-electron chi connectivity index (χ1n) is 7.44. The fourth-order valence-corrected chi connectivity index (χ4v) is 3.26. The van der Waals surface area contributed by atoms with E-state index in [4.69, 9.17) is 10.5 Å². The maximum Gasteiger partial charge on any atom is 0.341 e. The second-order valence-corrected chi connectivity index (χ2v) is 6.40. The second kappa shape index (κ2) is 4.26. The van der Waals surface area contributed by atoms with Gasteiger partial charge < -0.3 is 25.3 Å². The van der Waals surface area contributed by atoms with Gasteiger partial charge >= 0.3 is 5.97 Å². The molecule has 1 aliphatic carbocycles. The van der Waals surface area contributed by atoms with Crippen LogP contribution >= 0.6 is 0 Å². The lowest BCUT2D eigenvalue weighted by atomic mass is 9.97. The van der Waals surface area contributed by atoms with Crippen molar-refractivity contribution in [3.63, 3.8) is 0 Å². The van der Waals surface area contributed by atoms with Gasteiger partial charge in [-0.25, -0.2) is 4.79 Å². The Morgan fingerprint density at radius 2 is 2.17 bits per heavy atom. The minimum absolute atomic E-state index is 0.117. The van der Waals surface area contributed by atoms with E-state index in [0.717, 1.165) is 12.8 Å². The van der Waals surface area contributed by atoms with Crippen molar-refractivity contribution in [3.8, 4) is 11.5 Å². The molecule has 7 nitrogen and oxygen atoms in total. The van der Waals surface area contributed by atoms with E-state index in [1.54, 1.807) is 4.57 Å². The molecule has 0 saturated heterocycles. The number of carboxylic acid groups (broad SMARTS) is 1. The van der Waals surface area contributed by atoms with Gasteiger partial charge in [-0.1, -0.05) is 0 Å². The predicted molar refractivity (Wildman–Crippen MR) is 82.1 cm³/mol. The van der Waals surface area contributed by atoms with Crippen LogP contribution in [0.25, 0.3) is 10.9 Å². The van der Waals surface area contributed by atoms with Crippen molar-refractivity contribution < 1.29 is 19.7 Å². The van der Waals surface area contributed by atoms with Crippen molar-refractivity contribution in [1.82, 2.24) is 4.57 Å². The van der Waals surface area contributed by atoms with Crippen LogP contribution in [0.2, 0.25) is 0 Å². The zero-order valence-corrected chi connectivity index (χ0v) is 12.5. The predicted octanol–water partition coefficient (Wildman–Crippen LogP) is 1.31. The second-order valence-electron chi connectivity index (χ2n) is 6.40. The Morgan fingerprint density at radius 1 is 1.48 bits per heavy atom. The molecule has 0 unspecified atom stereocenters. The Labute approximate surface area is 130 Å². The number of aromatic carboxylic acids is 1. The molecule has 7 heteroatoms. The van der Waals surface area contributed by atoms with Crippen molar-refractivity contribution in [1.29, 1.82) is 0 Å². The topological polar surface area (TPSA) is 115 Å². The van der Waals surface area contributed by atoms with Gasteiger partial charge in [0.15, 0.2) is 5.75 Å². The molecule has 4 rings (SSSR count). The van der Waals surface area contributed by atoms with Gasteiger partial charge in [0, 0.05) is 11.7 Å². The lowest BCUT2D eigenvalue weighted by Crippen LogP contribution is -2.29. The third-order valence-electron chi connectivity index (χ3n) is 4.71. The SMILES string of the molecule is C[C@H]1COc2c(C3(N)CC3)c(O)cc3c(=O)c(C(=O)O)cn1c23. The monoisotopic (exact) mass is 316 g/mol. The smallest absolute Gasteiger partial charge is 0.341 e. The third-order valence-corrected chi connectivity index (χ3v) is 4.71. The van der Waals surface area contributed by atoms with E-state index in [1.807, 2.05) is 6.92 Å². The number of nitrogens with two attached hydrogens (primary N) is 1. The molecular formula is C16H16N2O5. The number of nitrogens with zero attached hydrogens (tertiary/aromatic N) is 1. The van der Waals surface area contributed by atoms with Crippen LogP contribution < -0.4 is 15.9 Å². The highest BCUT2D eigenvalue weighted by atomic mass is 16.5. The van der Waals surface area contributed by atoms with E-state index < -0.39 is 16.9 Å². The number of phenolic OH excluding ortho intramolecular Hbond substituents is 1. The van der Waals surface area contributed by atoms with Crippen LogP contribution in [-0.2, 0) is 5.54 Å². The largest absolute Gasteiger partial charge is 0.507 e. The number of ether oxygens (including phenoxy) is 1. The number of hydrogen-bond donors (Lipinski definition) is 3. The minimum atomic E-state index is -1.29. The molecule has 1 saturated carbocycles. The quantitative estimate of drug-likeness (QED) is 0.769. The molecule has 1 aromatic heterocycles. The highest BCUT2D eigenvalue weighted by molar-refractivity contribution is 5.96. The molecule has 120 valence electrons. The number of pyridine rings is 1. The van der Waals surface area contributed by atoms with Crippen LogP contribution in [0.4, 0.5) is 0 Å². The van der Waals surface area contributed by atoms with E-state index in [9.17, 15) is 19.8 Å². The number of aromatic hydroxyl groups is 1. The summed E-state index contributed by atoms with van der Waals surface area (Å²) in [4.78, 5) is 23.8. The van der Waals surface area contributed by atoms with Gasteiger partial charge in [0.05, 0.1) is 22.5 Å². The van der Waals surface area contributed by atoms with Crippen LogP contribution in [0.5, 0.6) is 11.5 Å². The number of benzene rings is 1. The minimum Gasteiger partial charge on any atom is -0.507 e. The summed E-state index contributed by atoms with van der Waals surface area (Å²) < 4.78 is 7.52. The first-order chi connectivity index (χ1) is 10.8. The maximum absolute atomic E-state index is 12.5. The van der Waals surface area contributed by atoms with Gasteiger partial charge in [-0.2, -0.15) is 0 Å². The van der Waals surface area contributed by atoms with Crippen molar-refractivity contribution in [2.45, 2.75) is 31.3 Å². The molecule has 0 bridgehead atoms. The summed E-state index contributed by atoms with van der Waals surface area (Å²) >= 11 is 0. The lowest BCUT2D eigenvalue weighted by molar-refractivity contribution is 0.0694. The zero-order chi connectivity index (χ0) is 16.5. The van der Waals surface area contributed by atoms with Crippen molar-refractivity contribution in [2.24, 2.45) is 5.73 Å².